The molecule has 1 aliphatic rings. The Balaban J connectivity index is 1.94. The average Bonchev–Trinajstić information content (AvgIpc) is 3.00. The van der Waals surface area contributed by atoms with Crippen LogP contribution in [-0.2, 0) is 0 Å². The van der Waals surface area contributed by atoms with E-state index in [1.165, 1.54) is 0 Å². The molecule has 0 spiro atoms. The highest BCUT2D eigenvalue weighted by Crippen LogP contribution is 2.35. The topological polar surface area (TPSA) is 91.1 Å². The molecule has 1 aromatic heterocycles. The number of carbonyl (C=O) groups excluding carboxylic acids is 1. The highest BCUT2D eigenvalue weighted by molar-refractivity contribution is 6.07. The van der Waals surface area contributed by atoms with Gasteiger partial charge < -0.3 is 21.1 Å². The Hall–Kier alpha value is -2.01. The van der Waals surface area contributed by atoms with Crippen LogP contribution in [0.4, 0.5) is 5.69 Å². The molecule has 1 fully saturated rings. The first kappa shape index (κ1) is 11.1. The second-order valence-corrected chi connectivity index (χ2v) is 4.90. The number of nitrogens with one attached hydrogen (secondary N) is 2. The smallest absolute Gasteiger partial charge is 0.253 e. The summed E-state index contributed by atoms with van der Waals surface area (Å²) in [4.78, 5) is 15.2. The molecule has 0 atom stereocenters. The summed E-state index contributed by atoms with van der Waals surface area (Å²) in [5.41, 5.74) is 7.40. The molecule has 1 aromatic carbocycles. The molecule has 2 aromatic rings. The summed E-state index contributed by atoms with van der Waals surface area (Å²) < 4.78 is 0. The molecule has 0 saturated heterocycles. The van der Waals surface area contributed by atoms with Crippen molar-refractivity contribution in [2.75, 3.05) is 12.3 Å². The Morgan fingerprint density at radius 2 is 2.28 bits per heavy atom. The van der Waals surface area contributed by atoms with E-state index in [9.17, 15) is 9.90 Å². The van der Waals surface area contributed by atoms with Gasteiger partial charge in [0.25, 0.3) is 5.91 Å². The van der Waals surface area contributed by atoms with Gasteiger partial charge >= 0.3 is 0 Å². The third-order valence-electron chi connectivity index (χ3n) is 3.49. The molecule has 5 heteroatoms. The molecule has 0 bridgehead atoms. The molecule has 18 heavy (non-hydrogen) atoms. The van der Waals surface area contributed by atoms with Gasteiger partial charge in [0, 0.05) is 22.8 Å². The molecule has 5 N–H and O–H groups in total. The number of hydrogen-bond acceptors (Lipinski definition) is 3. The predicted octanol–water partition coefficient (Wildman–Crippen LogP) is 1.00. The Morgan fingerprint density at radius 3 is 2.94 bits per heavy atom. The van der Waals surface area contributed by atoms with Gasteiger partial charge in [0.2, 0.25) is 0 Å². The Bertz CT molecular complexity index is 614. The van der Waals surface area contributed by atoms with Crippen molar-refractivity contribution >= 4 is 22.5 Å². The fourth-order valence-electron chi connectivity index (χ4n) is 2.11. The molecule has 1 amide bonds. The molecule has 94 valence electrons. The lowest BCUT2D eigenvalue weighted by Crippen LogP contribution is -2.39. The van der Waals surface area contributed by atoms with Crippen LogP contribution in [0.3, 0.4) is 0 Å². The van der Waals surface area contributed by atoms with Gasteiger partial charge in [-0.15, -0.1) is 0 Å². The number of aliphatic hydroxyl groups is 1. The normalized spacial score (nSPS) is 16.7. The van der Waals surface area contributed by atoms with Crippen LogP contribution in [0.2, 0.25) is 0 Å². The number of aromatic nitrogens is 1. The van der Waals surface area contributed by atoms with E-state index >= 15 is 0 Å². The van der Waals surface area contributed by atoms with Crippen LogP contribution in [0.5, 0.6) is 0 Å². The monoisotopic (exact) mass is 245 g/mol. The van der Waals surface area contributed by atoms with E-state index < -0.39 is 5.54 Å². The standard InChI is InChI=1S/C13H15N3O2/c14-8-1-2-11-9(5-8)10(6-15-11)12(18)16-13(7-17)3-4-13/h1-2,5-6,15,17H,3-4,7,14H2,(H,16,18). The van der Waals surface area contributed by atoms with Crippen molar-refractivity contribution in [3.05, 3.63) is 30.0 Å². The molecule has 1 aliphatic carbocycles. The Labute approximate surface area is 104 Å². The minimum atomic E-state index is -0.402. The number of benzene rings is 1. The van der Waals surface area contributed by atoms with Crippen LogP contribution in [-0.4, -0.2) is 28.1 Å². The maximum atomic E-state index is 12.2. The largest absolute Gasteiger partial charge is 0.399 e. The van der Waals surface area contributed by atoms with Gasteiger partial charge in [-0.05, 0) is 31.0 Å². The fourth-order valence-corrected chi connectivity index (χ4v) is 2.11. The van der Waals surface area contributed by atoms with Crippen molar-refractivity contribution in [1.82, 2.24) is 10.3 Å². The molecule has 0 unspecified atom stereocenters. The third-order valence-corrected chi connectivity index (χ3v) is 3.49. The third kappa shape index (κ3) is 1.73. The van der Waals surface area contributed by atoms with Gasteiger partial charge in [0.05, 0.1) is 17.7 Å². The second-order valence-electron chi connectivity index (χ2n) is 4.90. The van der Waals surface area contributed by atoms with E-state index in [-0.39, 0.29) is 12.5 Å². The molecule has 1 saturated carbocycles. The number of aromatic amines is 1. The molecular weight excluding hydrogens is 230 g/mol. The number of aliphatic hydroxyl groups excluding tert-OH is 1. The zero-order valence-electron chi connectivity index (χ0n) is 9.86. The van der Waals surface area contributed by atoms with Gasteiger partial charge in [-0.2, -0.15) is 0 Å². The van der Waals surface area contributed by atoms with Gasteiger partial charge in [-0.1, -0.05) is 0 Å². The van der Waals surface area contributed by atoms with Crippen LogP contribution < -0.4 is 11.1 Å². The fraction of sp³-hybridized carbons (Fsp3) is 0.308. The lowest BCUT2D eigenvalue weighted by atomic mass is 10.1. The zero-order valence-corrected chi connectivity index (χ0v) is 9.86. The molecule has 5 nitrogen and oxygen atoms in total. The second kappa shape index (κ2) is 3.74. The van der Waals surface area contributed by atoms with Crippen LogP contribution in [0.25, 0.3) is 10.9 Å². The minimum absolute atomic E-state index is 0.0107. The molecule has 0 aliphatic heterocycles. The van der Waals surface area contributed by atoms with E-state index in [1.807, 2.05) is 6.07 Å². The molecule has 1 heterocycles. The highest BCUT2D eigenvalue weighted by atomic mass is 16.3. The van der Waals surface area contributed by atoms with Crippen LogP contribution in [0.1, 0.15) is 23.2 Å². The first-order valence-electron chi connectivity index (χ1n) is 5.94. The van der Waals surface area contributed by atoms with Gasteiger partial charge in [0.15, 0.2) is 0 Å². The molecular formula is C13H15N3O2. The van der Waals surface area contributed by atoms with E-state index in [2.05, 4.69) is 10.3 Å². The van der Waals surface area contributed by atoms with Crippen LogP contribution >= 0.6 is 0 Å². The average molecular weight is 245 g/mol. The highest BCUT2D eigenvalue weighted by Gasteiger charge is 2.43. The summed E-state index contributed by atoms with van der Waals surface area (Å²) in [5, 5.41) is 12.9. The maximum Gasteiger partial charge on any atom is 0.253 e. The van der Waals surface area contributed by atoms with Crippen LogP contribution in [0, 0.1) is 0 Å². The van der Waals surface area contributed by atoms with Crippen molar-refractivity contribution in [3.63, 3.8) is 0 Å². The predicted molar refractivity (Wildman–Crippen MR) is 69.2 cm³/mol. The number of anilines is 1. The lowest BCUT2D eigenvalue weighted by molar-refractivity contribution is 0.0908. The number of nitrogens with two attached hydrogens (primary N) is 1. The van der Waals surface area contributed by atoms with Crippen molar-refractivity contribution < 1.29 is 9.90 Å². The summed E-state index contributed by atoms with van der Waals surface area (Å²) in [5.74, 6) is -0.168. The first-order valence-corrected chi connectivity index (χ1v) is 5.94. The van der Waals surface area contributed by atoms with Gasteiger partial charge in [-0.3, -0.25) is 4.79 Å². The summed E-state index contributed by atoms with van der Waals surface area (Å²) in [6, 6.07) is 5.41. The zero-order chi connectivity index (χ0) is 12.8. The number of rotatable bonds is 3. The van der Waals surface area contributed by atoms with Crippen molar-refractivity contribution in [3.8, 4) is 0 Å². The first-order chi connectivity index (χ1) is 8.63. The summed E-state index contributed by atoms with van der Waals surface area (Å²) in [7, 11) is 0. The van der Waals surface area contributed by atoms with E-state index in [0.29, 0.717) is 11.3 Å². The van der Waals surface area contributed by atoms with Crippen LogP contribution in [0.15, 0.2) is 24.4 Å². The summed E-state index contributed by atoms with van der Waals surface area (Å²) >= 11 is 0. The van der Waals surface area contributed by atoms with E-state index in [1.54, 1.807) is 18.3 Å². The maximum absolute atomic E-state index is 12.2. The molecule has 0 radical (unpaired) electrons. The van der Waals surface area contributed by atoms with Gasteiger partial charge in [0.1, 0.15) is 0 Å². The van der Waals surface area contributed by atoms with Crippen molar-refractivity contribution in [1.29, 1.82) is 0 Å². The number of H-pyrrole nitrogens is 1. The Morgan fingerprint density at radius 1 is 1.50 bits per heavy atom. The number of amides is 1. The van der Waals surface area contributed by atoms with Crippen molar-refractivity contribution in [2.24, 2.45) is 0 Å². The Kier molecular flexibility index (Phi) is 2.31. The summed E-state index contributed by atoms with van der Waals surface area (Å²) in [6.45, 7) is -0.0107. The van der Waals surface area contributed by atoms with E-state index in [4.69, 9.17) is 5.73 Å². The number of nitrogen functional groups attached to an aromatic ring is 1. The number of carbonyl (C=O) groups is 1. The van der Waals surface area contributed by atoms with E-state index in [0.717, 1.165) is 23.7 Å². The van der Waals surface area contributed by atoms with Gasteiger partial charge in [-0.25, -0.2) is 0 Å². The number of fused-ring (bicyclic) bond motifs is 1. The minimum Gasteiger partial charge on any atom is -0.399 e. The lowest BCUT2D eigenvalue weighted by Gasteiger charge is -2.13. The quantitative estimate of drug-likeness (QED) is 0.608. The SMILES string of the molecule is Nc1ccc2[nH]cc(C(=O)NC3(CO)CC3)c2c1. The molecule has 3 rings (SSSR count). The van der Waals surface area contributed by atoms with Crippen molar-refractivity contribution in [2.45, 2.75) is 18.4 Å². The summed E-state index contributed by atoms with van der Waals surface area (Å²) in [6.07, 6.45) is 3.34. The number of hydrogen-bond donors (Lipinski definition) is 4.